The third kappa shape index (κ3) is 3.42. The van der Waals surface area contributed by atoms with E-state index in [1.807, 2.05) is 41.3 Å². The maximum atomic E-state index is 13.4. The number of nitrogens with one attached hydrogen (secondary N) is 1. The van der Waals surface area contributed by atoms with E-state index in [1.165, 1.54) is 16.7 Å². The van der Waals surface area contributed by atoms with Gasteiger partial charge in [-0.3, -0.25) is 4.90 Å². The summed E-state index contributed by atoms with van der Waals surface area (Å²) < 4.78 is 0. The molecule has 3 aromatic carbocycles. The molecule has 2 amide bonds. The van der Waals surface area contributed by atoms with Crippen molar-refractivity contribution >= 4 is 17.4 Å². The number of fused-ring (bicyclic) bond motifs is 1. The minimum absolute atomic E-state index is 0.0976. The fraction of sp³-hybridized carbons (Fsp3) is 0.269. The van der Waals surface area contributed by atoms with Crippen molar-refractivity contribution in [1.82, 2.24) is 0 Å². The van der Waals surface area contributed by atoms with Crippen LogP contribution < -0.4 is 10.2 Å². The van der Waals surface area contributed by atoms with Gasteiger partial charge in [0.1, 0.15) is 0 Å². The number of nitrogens with zero attached hydrogens (tertiary/aromatic N) is 1. The van der Waals surface area contributed by atoms with Crippen LogP contribution in [0, 0.1) is 6.92 Å². The van der Waals surface area contributed by atoms with E-state index in [0.717, 1.165) is 17.8 Å². The summed E-state index contributed by atoms with van der Waals surface area (Å²) in [5.74, 6) is 0. The maximum Gasteiger partial charge on any atom is 0.326 e. The summed E-state index contributed by atoms with van der Waals surface area (Å²) >= 11 is 0. The van der Waals surface area contributed by atoms with Gasteiger partial charge < -0.3 is 5.32 Å². The highest BCUT2D eigenvalue weighted by molar-refractivity contribution is 6.04. The number of benzene rings is 3. The Balaban J connectivity index is 1.80. The normalized spacial score (nSPS) is 20.1. The van der Waals surface area contributed by atoms with Crippen molar-refractivity contribution in [3.8, 4) is 0 Å². The second kappa shape index (κ2) is 7.07. The molecule has 0 saturated carbocycles. The summed E-state index contributed by atoms with van der Waals surface area (Å²) in [6.07, 6.45) is 0.836. The Hall–Kier alpha value is -3.07. The Morgan fingerprint density at radius 3 is 2.17 bits per heavy atom. The number of hydrogen-bond acceptors (Lipinski definition) is 1. The van der Waals surface area contributed by atoms with E-state index in [1.54, 1.807) is 0 Å². The first kappa shape index (κ1) is 19.3. The van der Waals surface area contributed by atoms with E-state index < -0.39 is 0 Å². The van der Waals surface area contributed by atoms with Gasteiger partial charge in [-0.2, -0.15) is 0 Å². The summed E-state index contributed by atoms with van der Waals surface area (Å²) in [6.45, 7) is 8.71. The van der Waals surface area contributed by atoms with Crippen molar-refractivity contribution in [3.63, 3.8) is 0 Å². The lowest BCUT2D eigenvalue weighted by atomic mass is 9.65. The van der Waals surface area contributed by atoms with Gasteiger partial charge in [0, 0.05) is 16.6 Å². The van der Waals surface area contributed by atoms with Crippen molar-refractivity contribution < 1.29 is 4.79 Å². The molecule has 0 saturated heterocycles. The minimum atomic E-state index is -0.354. The van der Waals surface area contributed by atoms with Gasteiger partial charge in [-0.1, -0.05) is 73.2 Å². The number of rotatable bonds is 2. The fourth-order valence-corrected chi connectivity index (χ4v) is 4.76. The molecular formula is C26H28N2O. The van der Waals surface area contributed by atoms with Gasteiger partial charge in [-0.05, 0) is 56.5 Å². The van der Waals surface area contributed by atoms with Crippen LogP contribution in [0.25, 0.3) is 0 Å². The van der Waals surface area contributed by atoms with Crippen molar-refractivity contribution in [2.45, 2.75) is 45.1 Å². The topological polar surface area (TPSA) is 32.3 Å². The number of urea groups is 1. The van der Waals surface area contributed by atoms with E-state index in [9.17, 15) is 4.79 Å². The standard InChI is InChI=1S/C26H28N2O/c1-19-14-16-20(17-15-19)26(4)18-25(2,3)28(23-13-9-8-12-22(23)26)24(29)27-21-10-6-5-7-11-21/h5-17H,18H2,1-4H3,(H,27,29). The van der Waals surface area contributed by atoms with Crippen molar-refractivity contribution in [2.75, 3.05) is 10.2 Å². The molecule has 4 rings (SSSR count). The Labute approximate surface area is 173 Å². The van der Waals surface area contributed by atoms with Gasteiger partial charge in [-0.25, -0.2) is 4.79 Å². The summed E-state index contributed by atoms with van der Waals surface area (Å²) in [4.78, 5) is 15.3. The molecule has 0 radical (unpaired) electrons. The SMILES string of the molecule is Cc1ccc(C2(C)CC(C)(C)N(C(=O)Nc3ccccc3)c3ccccc32)cc1. The van der Waals surface area contributed by atoms with E-state index >= 15 is 0 Å². The highest BCUT2D eigenvalue weighted by Crippen LogP contribution is 2.50. The van der Waals surface area contributed by atoms with Crippen LogP contribution in [-0.2, 0) is 5.41 Å². The van der Waals surface area contributed by atoms with Gasteiger partial charge >= 0.3 is 6.03 Å². The summed E-state index contributed by atoms with van der Waals surface area (Å²) in [6, 6.07) is 26.6. The molecule has 0 bridgehead atoms. The summed E-state index contributed by atoms with van der Waals surface area (Å²) in [7, 11) is 0. The second-order valence-electron chi connectivity index (χ2n) is 8.84. The molecule has 3 heteroatoms. The van der Waals surface area contributed by atoms with Crippen LogP contribution in [0.2, 0.25) is 0 Å². The molecule has 0 aliphatic carbocycles. The predicted molar refractivity (Wildman–Crippen MR) is 121 cm³/mol. The van der Waals surface area contributed by atoms with Crippen LogP contribution in [0.5, 0.6) is 0 Å². The molecule has 1 aliphatic rings. The highest BCUT2D eigenvalue weighted by Gasteiger charge is 2.47. The van der Waals surface area contributed by atoms with E-state index in [2.05, 4.69) is 75.5 Å². The Morgan fingerprint density at radius 1 is 0.862 bits per heavy atom. The van der Waals surface area contributed by atoms with Gasteiger partial charge in [0.2, 0.25) is 0 Å². The van der Waals surface area contributed by atoms with Crippen LogP contribution >= 0.6 is 0 Å². The zero-order chi connectivity index (χ0) is 20.6. The first-order valence-electron chi connectivity index (χ1n) is 10.1. The summed E-state index contributed by atoms with van der Waals surface area (Å²) in [5, 5.41) is 3.07. The zero-order valence-corrected chi connectivity index (χ0v) is 17.6. The third-order valence-corrected chi connectivity index (χ3v) is 6.05. The zero-order valence-electron chi connectivity index (χ0n) is 17.6. The molecule has 0 fully saturated rings. The molecule has 1 aliphatic heterocycles. The molecule has 0 aromatic heterocycles. The van der Waals surface area contributed by atoms with Crippen LogP contribution in [0.15, 0.2) is 78.9 Å². The average molecular weight is 385 g/mol. The number of para-hydroxylation sites is 2. The smallest absolute Gasteiger partial charge is 0.308 e. The monoisotopic (exact) mass is 384 g/mol. The Bertz CT molecular complexity index is 1020. The molecule has 0 spiro atoms. The van der Waals surface area contributed by atoms with E-state index in [4.69, 9.17) is 0 Å². The second-order valence-corrected chi connectivity index (χ2v) is 8.84. The van der Waals surface area contributed by atoms with Crippen LogP contribution in [0.4, 0.5) is 16.2 Å². The van der Waals surface area contributed by atoms with Gasteiger partial charge in [-0.15, -0.1) is 0 Å². The molecule has 3 aromatic rings. The lowest BCUT2D eigenvalue weighted by molar-refractivity contribution is 0.243. The van der Waals surface area contributed by atoms with Crippen LogP contribution in [0.3, 0.4) is 0 Å². The number of amides is 2. The lowest BCUT2D eigenvalue weighted by Crippen LogP contribution is -2.57. The number of carbonyl (C=O) groups is 1. The highest BCUT2D eigenvalue weighted by atomic mass is 16.2. The molecule has 1 unspecified atom stereocenters. The average Bonchev–Trinajstić information content (AvgIpc) is 2.68. The van der Waals surface area contributed by atoms with Crippen molar-refractivity contribution in [2.24, 2.45) is 0 Å². The third-order valence-electron chi connectivity index (χ3n) is 6.05. The quantitative estimate of drug-likeness (QED) is 0.536. The lowest BCUT2D eigenvalue weighted by Gasteiger charge is -2.51. The number of hydrogen-bond donors (Lipinski definition) is 1. The van der Waals surface area contributed by atoms with Crippen LogP contribution in [0.1, 0.15) is 43.9 Å². The van der Waals surface area contributed by atoms with Crippen molar-refractivity contribution in [1.29, 1.82) is 0 Å². The number of aryl methyl sites for hydroxylation is 1. The number of carbonyl (C=O) groups excluding carboxylic acids is 1. The molecule has 1 N–H and O–H groups in total. The maximum absolute atomic E-state index is 13.4. The molecule has 148 valence electrons. The largest absolute Gasteiger partial charge is 0.326 e. The molecule has 29 heavy (non-hydrogen) atoms. The molecule has 1 atom stereocenters. The number of anilines is 2. The Morgan fingerprint density at radius 2 is 1.48 bits per heavy atom. The van der Waals surface area contributed by atoms with E-state index in [0.29, 0.717) is 0 Å². The Kier molecular flexibility index (Phi) is 4.70. The summed E-state index contributed by atoms with van der Waals surface area (Å²) in [5.41, 5.74) is 4.98. The first-order chi connectivity index (χ1) is 13.8. The van der Waals surface area contributed by atoms with Gasteiger partial charge in [0.25, 0.3) is 0 Å². The van der Waals surface area contributed by atoms with Gasteiger partial charge in [0.15, 0.2) is 0 Å². The first-order valence-corrected chi connectivity index (χ1v) is 10.1. The fourth-order valence-electron chi connectivity index (χ4n) is 4.76. The van der Waals surface area contributed by atoms with Crippen molar-refractivity contribution in [3.05, 3.63) is 95.6 Å². The molecular weight excluding hydrogens is 356 g/mol. The van der Waals surface area contributed by atoms with E-state index in [-0.39, 0.29) is 17.0 Å². The predicted octanol–water partition coefficient (Wildman–Crippen LogP) is 6.52. The van der Waals surface area contributed by atoms with Crippen LogP contribution in [-0.4, -0.2) is 11.6 Å². The molecule has 3 nitrogen and oxygen atoms in total. The molecule has 1 heterocycles. The van der Waals surface area contributed by atoms with Gasteiger partial charge in [0.05, 0.1) is 5.69 Å². The minimum Gasteiger partial charge on any atom is -0.308 e.